The molecule has 1 atom stereocenters. The van der Waals surface area contributed by atoms with Gasteiger partial charge in [-0.3, -0.25) is 14.7 Å². The number of likely N-dealkylation sites (tertiary alicyclic amines) is 2. The van der Waals surface area contributed by atoms with Gasteiger partial charge in [-0.05, 0) is 99.8 Å². The molecule has 0 saturated carbocycles. The number of aromatic nitrogens is 2. The average molecular weight is 489 g/mol. The number of carbonyl (C=O) groups excluding carboxylic acids is 1. The Kier molecular flexibility index (Phi) is 7.18. The van der Waals surface area contributed by atoms with Crippen LogP contribution in [0.25, 0.3) is 22.2 Å². The monoisotopic (exact) mass is 488 g/mol. The summed E-state index contributed by atoms with van der Waals surface area (Å²) in [6, 6.07) is 11.3. The van der Waals surface area contributed by atoms with Gasteiger partial charge in [0.1, 0.15) is 0 Å². The highest BCUT2D eigenvalue weighted by molar-refractivity contribution is 5.92. The van der Waals surface area contributed by atoms with Crippen LogP contribution in [0.1, 0.15) is 73.9 Å². The fourth-order valence-electron chi connectivity index (χ4n) is 6.35. The highest BCUT2D eigenvalue weighted by Crippen LogP contribution is 2.38. The summed E-state index contributed by atoms with van der Waals surface area (Å²) in [5.74, 6) is 1.09. The lowest BCUT2D eigenvalue weighted by atomic mass is 9.87. The first-order valence-electron chi connectivity index (χ1n) is 13.6. The summed E-state index contributed by atoms with van der Waals surface area (Å²) >= 11 is 0. The van der Waals surface area contributed by atoms with Crippen LogP contribution in [0.4, 0.5) is 0 Å². The summed E-state index contributed by atoms with van der Waals surface area (Å²) in [6.07, 6.45) is 4.06. The topological polar surface area (TPSA) is 72.5 Å². The van der Waals surface area contributed by atoms with E-state index < -0.39 is 0 Å². The molecule has 192 valence electrons. The smallest absolute Gasteiger partial charge is 0.237 e. The number of pyridine rings is 1. The van der Waals surface area contributed by atoms with Crippen molar-refractivity contribution in [1.29, 1.82) is 0 Å². The third-order valence-electron chi connectivity index (χ3n) is 8.14. The first-order chi connectivity index (χ1) is 17.3. The molecule has 5 rings (SSSR count). The molecule has 2 fully saturated rings. The van der Waals surface area contributed by atoms with Gasteiger partial charge in [-0.1, -0.05) is 19.9 Å². The Morgan fingerprint density at radius 3 is 2.47 bits per heavy atom. The Morgan fingerprint density at radius 1 is 1.08 bits per heavy atom. The summed E-state index contributed by atoms with van der Waals surface area (Å²) in [5, 5.41) is 10.9. The number of nitrogens with one attached hydrogen (secondary N) is 1. The summed E-state index contributed by atoms with van der Waals surface area (Å²) in [6.45, 7) is 11.9. The number of H-pyrrole nitrogens is 1. The highest BCUT2D eigenvalue weighted by Gasteiger charge is 2.30. The van der Waals surface area contributed by atoms with E-state index in [-0.39, 0.29) is 18.6 Å². The Labute approximate surface area is 214 Å². The summed E-state index contributed by atoms with van der Waals surface area (Å²) in [5.41, 5.74) is 8.48. The van der Waals surface area contributed by atoms with E-state index in [2.05, 4.69) is 72.9 Å². The largest absolute Gasteiger partial charge is 0.394 e. The lowest BCUT2D eigenvalue weighted by Crippen LogP contribution is -2.45. The second-order valence-corrected chi connectivity index (χ2v) is 11.1. The van der Waals surface area contributed by atoms with E-state index in [0.717, 1.165) is 56.7 Å². The maximum Gasteiger partial charge on any atom is 0.237 e. The number of benzene rings is 1. The van der Waals surface area contributed by atoms with Gasteiger partial charge in [0.25, 0.3) is 0 Å². The van der Waals surface area contributed by atoms with Crippen LogP contribution < -0.4 is 0 Å². The SMILES string of the molecule is Cc1cc(-c2[nH]c3ccc(C4CCN(CC(=O)N5CCCC5CO)CC4)cc3c2C(C)C)cc(C)n1. The number of aliphatic hydroxyl groups excluding tert-OH is 1. The Morgan fingerprint density at radius 2 is 1.81 bits per heavy atom. The summed E-state index contributed by atoms with van der Waals surface area (Å²) < 4.78 is 0. The number of nitrogens with zero attached hydrogens (tertiary/aromatic N) is 3. The molecule has 36 heavy (non-hydrogen) atoms. The van der Waals surface area contributed by atoms with Crippen LogP contribution in [-0.4, -0.2) is 69.6 Å². The Hall–Kier alpha value is -2.70. The summed E-state index contributed by atoms with van der Waals surface area (Å²) in [4.78, 5) is 25.3. The predicted molar refractivity (Wildman–Crippen MR) is 145 cm³/mol. The van der Waals surface area contributed by atoms with Crippen molar-refractivity contribution in [2.75, 3.05) is 32.8 Å². The van der Waals surface area contributed by atoms with Crippen molar-refractivity contribution in [1.82, 2.24) is 19.8 Å². The third kappa shape index (κ3) is 4.94. The van der Waals surface area contributed by atoms with Gasteiger partial charge in [-0.15, -0.1) is 0 Å². The molecule has 2 saturated heterocycles. The van der Waals surface area contributed by atoms with Crippen molar-refractivity contribution in [3.63, 3.8) is 0 Å². The first kappa shape index (κ1) is 25.0. The first-order valence-corrected chi connectivity index (χ1v) is 13.6. The molecule has 6 nitrogen and oxygen atoms in total. The number of aryl methyl sites for hydroxylation is 2. The molecule has 6 heteroatoms. The average Bonchev–Trinajstić information content (AvgIpc) is 3.48. The van der Waals surface area contributed by atoms with Crippen molar-refractivity contribution in [2.45, 2.75) is 71.3 Å². The van der Waals surface area contributed by atoms with E-state index in [4.69, 9.17) is 0 Å². The van der Waals surface area contributed by atoms with Gasteiger partial charge in [-0.25, -0.2) is 0 Å². The van der Waals surface area contributed by atoms with Crippen LogP contribution in [0.2, 0.25) is 0 Å². The van der Waals surface area contributed by atoms with E-state index in [0.29, 0.717) is 18.4 Å². The van der Waals surface area contributed by atoms with Crippen LogP contribution in [0.3, 0.4) is 0 Å². The standard InChI is InChI=1S/C30H40N4O2/c1-19(2)29-26-16-23(7-8-27(26)32-30(29)24-14-20(3)31-21(4)15-24)22-9-12-33(13-10-22)17-28(36)34-11-5-6-25(34)18-35/h7-8,14-16,19,22,25,32,35H,5-6,9-13,17-18H2,1-4H3. The van der Waals surface area contributed by atoms with E-state index in [1.54, 1.807) is 0 Å². The zero-order valence-corrected chi connectivity index (χ0v) is 22.2. The fraction of sp³-hybridized carbons (Fsp3) is 0.533. The number of rotatable bonds is 6. The van der Waals surface area contributed by atoms with E-state index in [1.807, 2.05) is 4.90 Å². The normalized spacial score (nSPS) is 19.6. The Balaban J connectivity index is 1.33. The second-order valence-electron chi connectivity index (χ2n) is 11.1. The fourth-order valence-corrected chi connectivity index (χ4v) is 6.35. The molecule has 0 aliphatic carbocycles. The van der Waals surface area contributed by atoms with Gasteiger partial charge >= 0.3 is 0 Å². The minimum atomic E-state index is 0.0168. The van der Waals surface area contributed by atoms with Crippen molar-refractivity contribution in [3.05, 3.63) is 52.8 Å². The maximum absolute atomic E-state index is 12.8. The van der Waals surface area contributed by atoms with Crippen LogP contribution in [0, 0.1) is 13.8 Å². The molecule has 0 bridgehead atoms. The number of fused-ring (bicyclic) bond motifs is 1. The van der Waals surface area contributed by atoms with E-state index in [9.17, 15) is 9.90 Å². The highest BCUT2D eigenvalue weighted by atomic mass is 16.3. The molecule has 0 radical (unpaired) electrons. The van der Waals surface area contributed by atoms with E-state index in [1.165, 1.54) is 33.3 Å². The lowest BCUT2D eigenvalue weighted by Gasteiger charge is -2.33. The van der Waals surface area contributed by atoms with Crippen molar-refractivity contribution < 1.29 is 9.90 Å². The summed E-state index contributed by atoms with van der Waals surface area (Å²) in [7, 11) is 0. The van der Waals surface area contributed by atoms with Gasteiger partial charge in [0.2, 0.25) is 5.91 Å². The molecule has 4 heterocycles. The van der Waals surface area contributed by atoms with Crippen molar-refractivity contribution >= 4 is 16.8 Å². The van der Waals surface area contributed by atoms with Gasteiger partial charge in [0.05, 0.1) is 24.9 Å². The number of aromatic amines is 1. The number of piperidine rings is 1. The molecule has 2 aliphatic heterocycles. The molecule has 3 aromatic rings. The van der Waals surface area contributed by atoms with Gasteiger partial charge in [0, 0.05) is 34.4 Å². The number of amides is 1. The molecular weight excluding hydrogens is 448 g/mol. The zero-order chi connectivity index (χ0) is 25.4. The Bertz CT molecular complexity index is 1220. The van der Waals surface area contributed by atoms with Crippen LogP contribution in [0.5, 0.6) is 0 Å². The minimum Gasteiger partial charge on any atom is -0.394 e. The maximum atomic E-state index is 12.8. The van der Waals surface area contributed by atoms with Crippen molar-refractivity contribution in [3.8, 4) is 11.3 Å². The van der Waals surface area contributed by atoms with E-state index >= 15 is 0 Å². The second kappa shape index (κ2) is 10.3. The molecule has 2 N–H and O–H groups in total. The van der Waals surface area contributed by atoms with Crippen molar-refractivity contribution in [2.24, 2.45) is 0 Å². The number of aliphatic hydroxyl groups is 1. The lowest BCUT2D eigenvalue weighted by molar-refractivity contribution is -0.134. The number of carbonyl (C=O) groups is 1. The van der Waals surface area contributed by atoms with Gasteiger partial charge < -0.3 is 15.0 Å². The minimum absolute atomic E-state index is 0.0168. The predicted octanol–water partition coefficient (Wildman–Crippen LogP) is 5.13. The van der Waals surface area contributed by atoms with Crippen LogP contribution >= 0.6 is 0 Å². The molecule has 1 amide bonds. The van der Waals surface area contributed by atoms with Crippen LogP contribution in [0.15, 0.2) is 30.3 Å². The third-order valence-corrected chi connectivity index (χ3v) is 8.14. The van der Waals surface area contributed by atoms with Crippen LogP contribution in [-0.2, 0) is 4.79 Å². The molecule has 2 aromatic heterocycles. The number of hydrogen-bond acceptors (Lipinski definition) is 4. The molecule has 1 unspecified atom stereocenters. The van der Waals surface area contributed by atoms with Gasteiger partial charge in [-0.2, -0.15) is 0 Å². The quantitative estimate of drug-likeness (QED) is 0.504. The molecule has 0 spiro atoms. The molecular formula is C30H40N4O2. The zero-order valence-electron chi connectivity index (χ0n) is 22.2. The molecule has 1 aromatic carbocycles. The van der Waals surface area contributed by atoms with Gasteiger partial charge in [0.15, 0.2) is 0 Å². The number of hydrogen-bond donors (Lipinski definition) is 2. The molecule has 2 aliphatic rings.